The second kappa shape index (κ2) is 6.84. The summed E-state index contributed by atoms with van der Waals surface area (Å²) >= 11 is 0. The van der Waals surface area contributed by atoms with E-state index in [1.54, 1.807) is 0 Å². The van der Waals surface area contributed by atoms with Gasteiger partial charge in [0.2, 0.25) is 5.84 Å². The van der Waals surface area contributed by atoms with Gasteiger partial charge in [-0.2, -0.15) is 10.3 Å². The minimum atomic E-state index is 0.142. The first kappa shape index (κ1) is 13.6. The van der Waals surface area contributed by atoms with Crippen LogP contribution in [0.3, 0.4) is 0 Å². The molecule has 0 atom stereocenters. The van der Waals surface area contributed by atoms with Gasteiger partial charge in [-0.25, -0.2) is 0 Å². The van der Waals surface area contributed by atoms with Crippen LogP contribution in [0.4, 0.5) is 11.6 Å². The number of azo groups is 1. The first-order valence-corrected chi connectivity index (χ1v) is 6.51. The van der Waals surface area contributed by atoms with Gasteiger partial charge in [0.05, 0.1) is 5.69 Å². The molecule has 3 rings (SSSR count). The van der Waals surface area contributed by atoms with E-state index in [4.69, 9.17) is 0 Å². The van der Waals surface area contributed by atoms with E-state index >= 15 is 0 Å². The second-order valence-corrected chi connectivity index (χ2v) is 4.19. The van der Waals surface area contributed by atoms with Crippen molar-refractivity contribution in [2.75, 3.05) is 5.43 Å². The Bertz CT molecular complexity index is 750. The van der Waals surface area contributed by atoms with Crippen molar-refractivity contribution in [3.63, 3.8) is 0 Å². The number of para-hydroxylation sites is 1. The molecule has 0 aliphatic heterocycles. The highest BCUT2D eigenvalue weighted by atomic mass is 15.5. The Labute approximate surface area is 126 Å². The van der Waals surface area contributed by atoms with Crippen LogP contribution in [0.25, 0.3) is 0 Å². The molecule has 0 saturated carbocycles. The first-order valence-electron chi connectivity index (χ1n) is 6.51. The number of hydrogen-bond donors (Lipinski definition) is 2. The van der Waals surface area contributed by atoms with Gasteiger partial charge in [0.15, 0.2) is 0 Å². The van der Waals surface area contributed by atoms with Crippen molar-refractivity contribution in [2.24, 2.45) is 15.3 Å². The fraction of sp³-hybridized carbons (Fsp3) is 0. The summed E-state index contributed by atoms with van der Waals surface area (Å²) in [7, 11) is 0. The molecule has 0 bridgehead atoms. The second-order valence-electron chi connectivity index (χ2n) is 4.19. The maximum Gasteiger partial charge on any atom is 0.307 e. The van der Waals surface area contributed by atoms with E-state index in [1.165, 1.54) is 0 Å². The molecular weight excluding hydrogens is 280 g/mol. The number of aromatic nitrogens is 4. The zero-order chi connectivity index (χ0) is 15.0. The molecule has 0 amide bonds. The molecular formula is C14H12N8. The van der Waals surface area contributed by atoms with Crippen LogP contribution in [0.5, 0.6) is 0 Å². The van der Waals surface area contributed by atoms with Crippen LogP contribution in [0.15, 0.2) is 76.0 Å². The number of hydrazone groups is 1. The number of nitrogens with zero attached hydrogens (tertiary/aromatic N) is 6. The van der Waals surface area contributed by atoms with Crippen LogP contribution in [-0.2, 0) is 0 Å². The summed E-state index contributed by atoms with van der Waals surface area (Å²) in [5.41, 5.74) is 4.61. The van der Waals surface area contributed by atoms with Crippen LogP contribution in [-0.4, -0.2) is 26.5 Å². The summed E-state index contributed by atoms with van der Waals surface area (Å²) in [5.74, 6) is 0.553. The lowest BCUT2D eigenvalue weighted by Gasteiger charge is -2.02. The lowest BCUT2D eigenvalue weighted by molar-refractivity contribution is 0.881. The normalized spacial score (nSPS) is 11.7. The molecule has 0 unspecified atom stereocenters. The van der Waals surface area contributed by atoms with Crippen molar-refractivity contribution in [3.05, 3.63) is 66.2 Å². The lowest BCUT2D eigenvalue weighted by Crippen LogP contribution is -2.01. The van der Waals surface area contributed by atoms with Crippen molar-refractivity contribution in [2.45, 2.75) is 0 Å². The molecule has 0 aliphatic rings. The van der Waals surface area contributed by atoms with E-state index < -0.39 is 0 Å². The van der Waals surface area contributed by atoms with Gasteiger partial charge in [-0.05, 0) is 17.3 Å². The molecule has 8 heteroatoms. The Hall–Kier alpha value is -3.42. The highest BCUT2D eigenvalue weighted by Gasteiger charge is 2.03. The lowest BCUT2D eigenvalue weighted by atomic mass is 10.2. The van der Waals surface area contributed by atoms with Gasteiger partial charge in [-0.15, -0.1) is 15.3 Å². The third-order valence-corrected chi connectivity index (χ3v) is 2.67. The monoisotopic (exact) mass is 292 g/mol. The highest BCUT2D eigenvalue weighted by molar-refractivity contribution is 5.99. The quantitative estimate of drug-likeness (QED) is 0.334. The van der Waals surface area contributed by atoms with E-state index in [0.29, 0.717) is 5.84 Å². The first-order chi connectivity index (χ1) is 10.9. The molecule has 1 aromatic heterocycles. The third-order valence-electron chi connectivity index (χ3n) is 2.67. The highest BCUT2D eigenvalue weighted by Crippen LogP contribution is 2.09. The SMILES string of the molecule is c1ccc(N/N=C(\N=Nc2nn[nH]n2)c2ccccc2)cc1. The molecule has 0 fully saturated rings. The number of hydrogen-bond acceptors (Lipinski definition) is 6. The van der Waals surface area contributed by atoms with Crippen molar-refractivity contribution in [1.82, 2.24) is 20.6 Å². The van der Waals surface area contributed by atoms with Gasteiger partial charge in [-0.3, -0.25) is 5.43 Å². The van der Waals surface area contributed by atoms with Gasteiger partial charge >= 0.3 is 5.95 Å². The molecule has 0 radical (unpaired) electrons. The van der Waals surface area contributed by atoms with E-state index in [9.17, 15) is 0 Å². The van der Waals surface area contributed by atoms with E-state index in [2.05, 4.69) is 41.4 Å². The molecule has 0 aliphatic carbocycles. The Morgan fingerprint density at radius 2 is 1.68 bits per heavy atom. The van der Waals surface area contributed by atoms with Crippen LogP contribution >= 0.6 is 0 Å². The summed E-state index contributed by atoms with van der Waals surface area (Å²) in [5, 5.41) is 25.4. The standard InChI is InChI=1S/C14H12N8/c1-3-7-11(8-4-1)13(17-18-14-19-21-22-20-14)16-15-12-9-5-2-6-10-12/h1-10,15H,(H,19,20,21,22)/b16-13-,18-17?. The molecule has 8 nitrogen and oxygen atoms in total. The topological polar surface area (TPSA) is 104 Å². The Morgan fingerprint density at radius 1 is 0.955 bits per heavy atom. The summed E-state index contributed by atoms with van der Waals surface area (Å²) in [6.45, 7) is 0. The molecule has 1 heterocycles. The van der Waals surface area contributed by atoms with Crippen molar-refractivity contribution in [1.29, 1.82) is 0 Å². The van der Waals surface area contributed by atoms with Gasteiger partial charge in [0.1, 0.15) is 0 Å². The number of aromatic amines is 1. The average molecular weight is 292 g/mol. The van der Waals surface area contributed by atoms with E-state index in [-0.39, 0.29) is 5.95 Å². The minimum Gasteiger partial charge on any atom is -0.276 e. The van der Waals surface area contributed by atoms with Crippen molar-refractivity contribution >= 4 is 17.5 Å². The van der Waals surface area contributed by atoms with Crippen LogP contribution in [0.2, 0.25) is 0 Å². The number of tetrazole rings is 1. The predicted octanol–water partition coefficient (Wildman–Crippen LogP) is 2.76. The number of rotatable bonds is 4. The number of H-pyrrole nitrogens is 1. The van der Waals surface area contributed by atoms with Crippen LogP contribution < -0.4 is 5.43 Å². The van der Waals surface area contributed by atoms with Crippen LogP contribution in [0.1, 0.15) is 5.56 Å². The summed E-state index contributed by atoms with van der Waals surface area (Å²) in [4.78, 5) is 0. The summed E-state index contributed by atoms with van der Waals surface area (Å²) in [6, 6.07) is 19.1. The molecule has 3 aromatic rings. The zero-order valence-corrected chi connectivity index (χ0v) is 11.5. The van der Waals surface area contributed by atoms with Gasteiger partial charge in [0.25, 0.3) is 0 Å². The average Bonchev–Trinajstić information content (AvgIpc) is 3.10. The third kappa shape index (κ3) is 3.57. The number of amidine groups is 1. The van der Waals surface area contributed by atoms with Crippen molar-refractivity contribution < 1.29 is 0 Å². The smallest absolute Gasteiger partial charge is 0.276 e. The Kier molecular flexibility index (Phi) is 4.22. The van der Waals surface area contributed by atoms with E-state index in [0.717, 1.165) is 11.3 Å². The van der Waals surface area contributed by atoms with E-state index in [1.807, 2.05) is 60.7 Å². The van der Waals surface area contributed by atoms with Crippen LogP contribution in [0, 0.1) is 0 Å². The maximum absolute atomic E-state index is 4.28. The molecule has 2 aromatic carbocycles. The number of anilines is 1. The molecule has 0 saturated heterocycles. The fourth-order valence-electron chi connectivity index (χ4n) is 1.65. The molecule has 2 N–H and O–H groups in total. The Morgan fingerprint density at radius 3 is 2.36 bits per heavy atom. The summed E-state index contributed by atoms with van der Waals surface area (Å²) in [6.07, 6.45) is 0. The Balaban J connectivity index is 1.86. The van der Waals surface area contributed by atoms with Gasteiger partial charge in [-0.1, -0.05) is 53.6 Å². The fourth-order valence-corrected chi connectivity index (χ4v) is 1.65. The van der Waals surface area contributed by atoms with Gasteiger partial charge in [0, 0.05) is 5.56 Å². The number of nitrogens with one attached hydrogen (secondary N) is 2. The zero-order valence-electron chi connectivity index (χ0n) is 11.5. The summed E-state index contributed by atoms with van der Waals surface area (Å²) < 4.78 is 0. The maximum atomic E-state index is 4.28. The van der Waals surface area contributed by atoms with Gasteiger partial charge < -0.3 is 0 Å². The molecule has 108 valence electrons. The predicted molar refractivity (Wildman–Crippen MR) is 81.7 cm³/mol. The largest absolute Gasteiger partial charge is 0.307 e. The number of benzene rings is 2. The molecule has 0 spiro atoms. The molecule has 22 heavy (non-hydrogen) atoms. The minimum absolute atomic E-state index is 0.142. The van der Waals surface area contributed by atoms with Crippen molar-refractivity contribution in [3.8, 4) is 0 Å².